The Labute approximate surface area is 144 Å². The summed E-state index contributed by atoms with van der Waals surface area (Å²) in [6.45, 7) is 4.67. The molecule has 0 amide bonds. The molecule has 2 atom stereocenters. The fourth-order valence-corrected chi connectivity index (χ4v) is 4.20. The maximum atomic E-state index is 4.60. The van der Waals surface area contributed by atoms with Gasteiger partial charge in [0.1, 0.15) is 0 Å². The Hall–Kier alpha value is -2.15. The van der Waals surface area contributed by atoms with Crippen molar-refractivity contribution in [2.75, 3.05) is 0 Å². The minimum Gasteiger partial charge on any atom is -0.261 e. The van der Waals surface area contributed by atoms with Crippen LogP contribution in [-0.4, -0.2) is 4.98 Å². The van der Waals surface area contributed by atoms with Crippen LogP contribution < -0.4 is 0 Å². The third-order valence-electron chi connectivity index (χ3n) is 5.69. The van der Waals surface area contributed by atoms with Gasteiger partial charge in [0.15, 0.2) is 0 Å². The number of hydrogen-bond donors (Lipinski definition) is 0. The summed E-state index contributed by atoms with van der Waals surface area (Å²) in [4.78, 5) is 4.60. The van der Waals surface area contributed by atoms with Crippen molar-refractivity contribution in [3.63, 3.8) is 0 Å². The van der Waals surface area contributed by atoms with Crippen molar-refractivity contribution in [1.29, 1.82) is 0 Å². The molecule has 4 rings (SSSR count). The predicted octanol–water partition coefficient (Wildman–Crippen LogP) is 6.02. The first-order chi connectivity index (χ1) is 11.8. The number of aryl methyl sites for hydroxylation is 2. The number of fused-ring (bicyclic) bond motifs is 3. The van der Waals surface area contributed by atoms with Crippen molar-refractivity contribution in [2.24, 2.45) is 0 Å². The molecule has 1 aromatic heterocycles. The summed E-state index contributed by atoms with van der Waals surface area (Å²) in [7, 11) is 0. The Morgan fingerprint density at radius 3 is 2.46 bits per heavy atom. The molecular weight excluding hydrogens is 290 g/mol. The highest BCUT2D eigenvalue weighted by molar-refractivity contribution is 5.91. The monoisotopic (exact) mass is 315 g/mol. The normalized spacial score (nSPS) is 15.6. The first-order valence-electron chi connectivity index (χ1n) is 9.22. The van der Waals surface area contributed by atoms with Gasteiger partial charge < -0.3 is 0 Å². The highest BCUT2D eigenvalue weighted by atomic mass is 14.7. The molecule has 2 unspecified atom stereocenters. The van der Waals surface area contributed by atoms with Crippen LogP contribution in [0, 0.1) is 0 Å². The van der Waals surface area contributed by atoms with Crippen LogP contribution in [0.25, 0.3) is 10.8 Å². The van der Waals surface area contributed by atoms with E-state index in [0.29, 0.717) is 11.8 Å². The second kappa shape index (κ2) is 6.39. The van der Waals surface area contributed by atoms with Crippen LogP contribution >= 0.6 is 0 Å². The van der Waals surface area contributed by atoms with Crippen LogP contribution in [-0.2, 0) is 12.8 Å². The lowest BCUT2D eigenvalue weighted by molar-refractivity contribution is 0.535. The van der Waals surface area contributed by atoms with Crippen LogP contribution in [0.4, 0.5) is 0 Å². The van der Waals surface area contributed by atoms with Crippen LogP contribution in [0.5, 0.6) is 0 Å². The van der Waals surface area contributed by atoms with Crippen molar-refractivity contribution < 1.29 is 0 Å². The average molecular weight is 315 g/mol. The fraction of sp³-hybridized carbons (Fsp3) is 0.348. The van der Waals surface area contributed by atoms with E-state index in [9.17, 15) is 0 Å². The fourth-order valence-electron chi connectivity index (χ4n) is 4.20. The van der Waals surface area contributed by atoms with Gasteiger partial charge in [-0.15, -0.1) is 0 Å². The Morgan fingerprint density at radius 1 is 1.00 bits per heavy atom. The maximum absolute atomic E-state index is 4.60. The summed E-state index contributed by atoms with van der Waals surface area (Å²) in [6, 6.07) is 17.7. The van der Waals surface area contributed by atoms with E-state index in [1.54, 1.807) is 11.1 Å². The molecule has 1 aliphatic carbocycles. The standard InChI is InChI=1S/C23H25N/c1-3-17(23-10-6-7-13-24-23)14-16(2)22-15-18-11-12-19(18)20-8-4-5-9-21(20)22/h4-10,13,15-17H,3,11-12,14H2,1-2H3. The molecule has 24 heavy (non-hydrogen) atoms. The van der Waals surface area contributed by atoms with Gasteiger partial charge in [-0.25, -0.2) is 0 Å². The summed E-state index contributed by atoms with van der Waals surface area (Å²) in [5.41, 5.74) is 5.92. The molecule has 0 saturated carbocycles. The highest BCUT2D eigenvalue weighted by Gasteiger charge is 2.22. The number of aromatic nitrogens is 1. The first kappa shape index (κ1) is 15.4. The number of nitrogens with zero attached hydrogens (tertiary/aromatic N) is 1. The molecule has 0 N–H and O–H groups in total. The summed E-state index contributed by atoms with van der Waals surface area (Å²) in [5.74, 6) is 1.08. The van der Waals surface area contributed by atoms with Crippen LogP contribution in [0.15, 0.2) is 54.7 Å². The smallest absolute Gasteiger partial charge is 0.0434 e. The van der Waals surface area contributed by atoms with E-state index in [0.717, 1.165) is 12.8 Å². The van der Waals surface area contributed by atoms with Gasteiger partial charge in [0.2, 0.25) is 0 Å². The van der Waals surface area contributed by atoms with Gasteiger partial charge in [-0.05, 0) is 71.2 Å². The third-order valence-corrected chi connectivity index (χ3v) is 5.69. The highest BCUT2D eigenvalue weighted by Crippen LogP contribution is 2.39. The number of benzene rings is 2. The molecule has 0 radical (unpaired) electrons. The molecule has 122 valence electrons. The Bertz CT molecular complexity index is 851. The quantitative estimate of drug-likeness (QED) is 0.561. The average Bonchev–Trinajstić information content (AvgIpc) is 2.60. The van der Waals surface area contributed by atoms with Crippen LogP contribution in [0.1, 0.15) is 60.9 Å². The SMILES string of the molecule is CCC(CC(C)c1cc2c(c3ccccc13)CC2)c1ccccn1. The summed E-state index contributed by atoms with van der Waals surface area (Å²) in [6.07, 6.45) is 6.72. The molecule has 0 fully saturated rings. The molecule has 0 spiro atoms. The third kappa shape index (κ3) is 2.62. The van der Waals surface area contributed by atoms with E-state index < -0.39 is 0 Å². The first-order valence-corrected chi connectivity index (χ1v) is 9.22. The van der Waals surface area contributed by atoms with Crippen molar-refractivity contribution >= 4 is 10.8 Å². The summed E-state index contributed by atoms with van der Waals surface area (Å²) in [5, 5.41) is 2.94. The van der Waals surface area contributed by atoms with Crippen molar-refractivity contribution in [2.45, 2.75) is 51.4 Å². The second-order valence-corrected chi connectivity index (χ2v) is 7.15. The largest absolute Gasteiger partial charge is 0.261 e. The van der Waals surface area contributed by atoms with Crippen LogP contribution in [0.3, 0.4) is 0 Å². The Kier molecular flexibility index (Phi) is 4.10. The molecule has 2 aromatic carbocycles. The number of rotatable bonds is 5. The van der Waals surface area contributed by atoms with Gasteiger partial charge in [-0.2, -0.15) is 0 Å². The van der Waals surface area contributed by atoms with Gasteiger partial charge in [0.25, 0.3) is 0 Å². The van der Waals surface area contributed by atoms with Crippen molar-refractivity contribution in [3.05, 3.63) is 77.1 Å². The van der Waals surface area contributed by atoms with Gasteiger partial charge in [0, 0.05) is 17.8 Å². The minimum atomic E-state index is 0.533. The summed E-state index contributed by atoms with van der Waals surface area (Å²) >= 11 is 0. The zero-order valence-electron chi connectivity index (χ0n) is 14.6. The van der Waals surface area contributed by atoms with Gasteiger partial charge >= 0.3 is 0 Å². The second-order valence-electron chi connectivity index (χ2n) is 7.15. The van der Waals surface area contributed by atoms with Crippen LogP contribution in [0.2, 0.25) is 0 Å². The maximum Gasteiger partial charge on any atom is 0.0434 e. The minimum absolute atomic E-state index is 0.533. The van der Waals surface area contributed by atoms with E-state index in [1.807, 2.05) is 12.3 Å². The van der Waals surface area contributed by atoms with Gasteiger partial charge in [-0.3, -0.25) is 4.98 Å². The van der Waals surface area contributed by atoms with Gasteiger partial charge in [-0.1, -0.05) is 50.2 Å². The molecular formula is C23H25N. The summed E-state index contributed by atoms with van der Waals surface area (Å²) < 4.78 is 0. The molecule has 1 heteroatoms. The number of pyridine rings is 1. The predicted molar refractivity (Wildman–Crippen MR) is 102 cm³/mol. The molecule has 1 aliphatic rings. The van der Waals surface area contributed by atoms with Gasteiger partial charge in [0.05, 0.1) is 0 Å². The Balaban J connectivity index is 1.69. The molecule has 3 aromatic rings. The Morgan fingerprint density at radius 2 is 1.79 bits per heavy atom. The number of hydrogen-bond acceptors (Lipinski definition) is 1. The molecule has 1 heterocycles. The molecule has 0 bridgehead atoms. The van der Waals surface area contributed by atoms with E-state index in [-0.39, 0.29) is 0 Å². The lowest BCUT2D eigenvalue weighted by atomic mass is 9.78. The van der Waals surface area contributed by atoms with E-state index in [4.69, 9.17) is 0 Å². The molecule has 0 saturated heterocycles. The van der Waals surface area contributed by atoms with E-state index in [2.05, 4.69) is 61.3 Å². The lowest BCUT2D eigenvalue weighted by Gasteiger charge is -2.27. The topological polar surface area (TPSA) is 12.9 Å². The molecule has 1 nitrogen and oxygen atoms in total. The van der Waals surface area contributed by atoms with E-state index in [1.165, 1.54) is 34.9 Å². The molecule has 0 aliphatic heterocycles. The lowest BCUT2D eigenvalue weighted by Crippen LogP contribution is -2.12. The van der Waals surface area contributed by atoms with Crippen molar-refractivity contribution in [1.82, 2.24) is 4.98 Å². The van der Waals surface area contributed by atoms with E-state index >= 15 is 0 Å². The van der Waals surface area contributed by atoms with Crippen molar-refractivity contribution in [3.8, 4) is 0 Å². The zero-order chi connectivity index (χ0) is 16.5. The zero-order valence-corrected chi connectivity index (χ0v) is 14.6.